The first-order chi connectivity index (χ1) is 30.2. The van der Waals surface area contributed by atoms with Gasteiger partial charge < -0.3 is 14.0 Å². The average Bonchev–Trinajstić information content (AvgIpc) is 3.93. The summed E-state index contributed by atoms with van der Waals surface area (Å²) in [5, 5.41) is 5.15. The van der Waals surface area contributed by atoms with Crippen LogP contribution in [0.1, 0.15) is 55.7 Å². The zero-order valence-corrected chi connectivity index (χ0v) is 34.3. The number of allylic oxidation sites excluding steroid dienone is 4. The molecule has 6 aliphatic carbocycles. The minimum atomic E-state index is 0.0770. The van der Waals surface area contributed by atoms with Gasteiger partial charge in [0.25, 0.3) is 0 Å². The summed E-state index contributed by atoms with van der Waals surface area (Å²) in [5.74, 6) is 3.20. The van der Waals surface area contributed by atoms with E-state index < -0.39 is 0 Å². The van der Waals surface area contributed by atoms with Crippen LogP contribution in [-0.4, -0.2) is 9.13 Å². The number of fused-ring (bicyclic) bond motifs is 9. The monoisotopic (exact) mass is 785 g/mol. The largest absolute Gasteiger partial charge is 0.333 e. The van der Waals surface area contributed by atoms with Crippen LogP contribution in [-0.2, 0) is 5.41 Å². The minimum Gasteiger partial charge on any atom is -0.333 e. The Hall–Kier alpha value is -6.58. The molecule has 1 atom stereocenters. The highest BCUT2D eigenvalue weighted by molar-refractivity contribution is 6.16. The molecule has 0 saturated heterocycles. The van der Waals surface area contributed by atoms with E-state index in [1.165, 1.54) is 110 Å². The van der Waals surface area contributed by atoms with Crippen molar-refractivity contribution in [3.8, 4) is 16.8 Å². The lowest BCUT2D eigenvalue weighted by molar-refractivity contribution is -0.0399. The third kappa shape index (κ3) is 4.64. The second-order valence-corrected chi connectivity index (χ2v) is 18.8. The molecule has 61 heavy (non-hydrogen) atoms. The molecule has 9 aromatic rings. The van der Waals surface area contributed by atoms with Gasteiger partial charge in [-0.15, -0.1) is 0 Å². The summed E-state index contributed by atoms with van der Waals surface area (Å²) in [4.78, 5) is 2.62. The van der Waals surface area contributed by atoms with Crippen molar-refractivity contribution >= 4 is 60.7 Å². The van der Waals surface area contributed by atoms with Crippen LogP contribution in [0.3, 0.4) is 0 Å². The Bertz CT molecular complexity index is 3290. The van der Waals surface area contributed by atoms with E-state index in [1.807, 2.05) is 0 Å². The van der Waals surface area contributed by atoms with Gasteiger partial charge in [0.15, 0.2) is 0 Å². The molecule has 294 valence electrons. The molecule has 4 fully saturated rings. The molecule has 4 saturated carbocycles. The van der Waals surface area contributed by atoms with Gasteiger partial charge in [-0.1, -0.05) is 121 Å². The highest BCUT2D eigenvalue weighted by Crippen LogP contribution is 2.69. The number of aromatic nitrogens is 2. The van der Waals surface area contributed by atoms with Crippen molar-refractivity contribution in [1.82, 2.24) is 9.13 Å². The van der Waals surface area contributed by atoms with Crippen LogP contribution < -0.4 is 4.90 Å². The summed E-state index contributed by atoms with van der Waals surface area (Å²) in [5.41, 5.74) is 16.0. The molecular weight excluding hydrogens is 739 g/mol. The maximum absolute atomic E-state index is 2.67. The lowest BCUT2D eigenvalue weighted by Crippen LogP contribution is -2.55. The van der Waals surface area contributed by atoms with Gasteiger partial charge >= 0.3 is 0 Å². The number of benzene rings is 7. The van der Waals surface area contributed by atoms with Crippen molar-refractivity contribution in [1.29, 1.82) is 0 Å². The summed E-state index contributed by atoms with van der Waals surface area (Å²) >= 11 is 0. The Morgan fingerprint density at radius 3 is 1.98 bits per heavy atom. The third-order valence-electron chi connectivity index (χ3n) is 16.0. The van der Waals surface area contributed by atoms with Gasteiger partial charge in [-0.3, -0.25) is 0 Å². The molecule has 0 radical (unpaired) electrons. The first-order valence-corrected chi connectivity index (χ1v) is 22.7. The number of hydrogen-bond acceptors (Lipinski definition) is 1. The van der Waals surface area contributed by atoms with Gasteiger partial charge in [-0.05, 0) is 145 Å². The Balaban J connectivity index is 1.06. The molecule has 2 heterocycles. The van der Waals surface area contributed by atoms with E-state index in [9.17, 15) is 0 Å². The first kappa shape index (κ1) is 34.2. The number of nitrogens with zero attached hydrogens (tertiary/aromatic N) is 3. The van der Waals surface area contributed by atoms with Gasteiger partial charge in [0.05, 0.1) is 28.3 Å². The number of hydrogen-bond donors (Lipinski definition) is 0. The van der Waals surface area contributed by atoms with Gasteiger partial charge in [0.2, 0.25) is 0 Å². The van der Waals surface area contributed by atoms with Gasteiger partial charge in [-0.2, -0.15) is 0 Å². The fraction of sp³-hybridized carbons (Fsp3) is 0.207. The van der Waals surface area contributed by atoms with Crippen LogP contribution in [0.4, 0.5) is 17.1 Å². The third-order valence-corrected chi connectivity index (χ3v) is 16.0. The number of para-hydroxylation sites is 3. The predicted octanol–water partition coefficient (Wildman–Crippen LogP) is 15.1. The molecule has 6 aliphatic rings. The lowest BCUT2D eigenvalue weighted by Gasteiger charge is -2.61. The average molecular weight is 786 g/mol. The molecule has 1 unspecified atom stereocenters. The number of anilines is 3. The molecule has 0 amide bonds. The maximum Gasteiger partial charge on any atom is 0.0561 e. The molecule has 3 heteroatoms. The van der Waals surface area contributed by atoms with E-state index in [4.69, 9.17) is 0 Å². The van der Waals surface area contributed by atoms with Crippen LogP contribution in [0.15, 0.2) is 182 Å². The first-order valence-electron chi connectivity index (χ1n) is 22.7. The molecule has 7 aromatic carbocycles. The normalized spacial score (nSPS) is 24.4. The summed E-state index contributed by atoms with van der Waals surface area (Å²) in [6.07, 6.45) is 17.0. The summed E-state index contributed by atoms with van der Waals surface area (Å²) in [7, 11) is 0. The Morgan fingerprint density at radius 2 is 1.16 bits per heavy atom. The van der Waals surface area contributed by atoms with Crippen molar-refractivity contribution in [3.05, 3.63) is 193 Å². The quantitative estimate of drug-likeness (QED) is 0.169. The fourth-order valence-corrected chi connectivity index (χ4v) is 14.0. The fourth-order valence-electron chi connectivity index (χ4n) is 14.0. The molecule has 15 rings (SSSR count). The van der Waals surface area contributed by atoms with Crippen molar-refractivity contribution in [3.63, 3.8) is 0 Å². The maximum atomic E-state index is 2.67. The molecular formula is C58H47N3. The van der Waals surface area contributed by atoms with E-state index in [0.29, 0.717) is 11.8 Å². The summed E-state index contributed by atoms with van der Waals surface area (Å²) in [6, 6.07) is 60.5. The van der Waals surface area contributed by atoms with Crippen LogP contribution in [0, 0.1) is 23.7 Å². The topological polar surface area (TPSA) is 13.1 Å². The second-order valence-electron chi connectivity index (χ2n) is 18.8. The highest BCUT2D eigenvalue weighted by Gasteiger charge is 2.61. The van der Waals surface area contributed by atoms with E-state index in [0.717, 1.165) is 18.3 Å². The Morgan fingerprint density at radius 1 is 0.492 bits per heavy atom. The molecule has 3 nitrogen and oxygen atoms in total. The molecule has 0 N–H and O–H groups in total. The Labute approximate surface area is 356 Å². The van der Waals surface area contributed by atoms with Crippen LogP contribution in [0.2, 0.25) is 0 Å². The van der Waals surface area contributed by atoms with Crippen molar-refractivity contribution < 1.29 is 0 Å². The highest BCUT2D eigenvalue weighted by atomic mass is 15.2. The van der Waals surface area contributed by atoms with E-state index in [1.54, 1.807) is 11.1 Å². The van der Waals surface area contributed by atoms with E-state index >= 15 is 0 Å². The van der Waals surface area contributed by atoms with E-state index in [2.05, 4.69) is 196 Å². The Kier molecular flexibility index (Phi) is 7.13. The van der Waals surface area contributed by atoms with Gasteiger partial charge in [0, 0.05) is 49.5 Å². The minimum absolute atomic E-state index is 0.0770. The SMILES string of the molecule is C1=CCC(n2c3ccccc3c3c(N(c4ccc5c(c4)C4(c6ccccc6-5)C5CC6CC(C5)CC4C6)c4ccc5c6ccccc6n(-c6ccccc6)c5c4)cccc32)C=C1. The molecule has 4 bridgehead atoms. The standard InChI is InChI=1S/C58H47N3/c1-3-14-41(15-4-1)60-53-23-12-9-20-49(53)57-54(24-13-25-55(57)60)59(44-27-29-48-47-19-8-11-22-52(47)61(56(48)36-44)42-16-5-2-6-17-42)43-26-28-46-45-18-7-10-21-50(45)58(51(46)35-43)39-31-37-30-38(33-39)34-40(58)32-37/h1-14,16-29,35-41H,15,30-34H2. The van der Waals surface area contributed by atoms with Gasteiger partial charge in [-0.25, -0.2) is 0 Å². The lowest BCUT2D eigenvalue weighted by atomic mass is 9.43. The van der Waals surface area contributed by atoms with Crippen LogP contribution in [0.25, 0.3) is 60.4 Å². The molecule has 2 aromatic heterocycles. The second kappa shape index (κ2) is 12.7. The van der Waals surface area contributed by atoms with Crippen molar-refractivity contribution in [2.75, 3.05) is 4.90 Å². The smallest absolute Gasteiger partial charge is 0.0561 e. The predicted molar refractivity (Wildman–Crippen MR) is 254 cm³/mol. The van der Waals surface area contributed by atoms with Crippen molar-refractivity contribution in [2.24, 2.45) is 23.7 Å². The summed E-state index contributed by atoms with van der Waals surface area (Å²) in [6.45, 7) is 0. The zero-order chi connectivity index (χ0) is 39.8. The van der Waals surface area contributed by atoms with E-state index in [-0.39, 0.29) is 11.5 Å². The van der Waals surface area contributed by atoms with Crippen molar-refractivity contribution in [2.45, 2.75) is 50.0 Å². The molecule has 1 spiro atoms. The van der Waals surface area contributed by atoms with Crippen LogP contribution in [0.5, 0.6) is 0 Å². The zero-order valence-electron chi connectivity index (χ0n) is 34.3. The summed E-state index contributed by atoms with van der Waals surface area (Å²) < 4.78 is 5.05. The van der Waals surface area contributed by atoms with Crippen LogP contribution >= 0.6 is 0 Å². The number of rotatable bonds is 5. The van der Waals surface area contributed by atoms with Gasteiger partial charge in [0.1, 0.15) is 0 Å². The molecule has 0 aliphatic heterocycles.